The van der Waals surface area contributed by atoms with E-state index in [9.17, 15) is 9.59 Å². The zero-order chi connectivity index (χ0) is 19.6. The van der Waals surface area contributed by atoms with Gasteiger partial charge in [-0.1, -0.05) is 30.7 Å². The maximum Gasteiger partial charge on any atom is 0.349 e. The molecule has 1 heterocycles. The number of rotatable bonds is 5. The first kappa shape index (κ1) is 19.4. The molecule has 3 aromatic rings. The number of hydrogen-bond donors (Lipinski definition) is 1. The first-order valence-corrected chi connectivity index (χ1v) is 9.52. The van der Waals surface area contributed by atoms with Crippen molar-refractivity contribution in [1.82, 2.24) is 9.66 Å². The maximum atomic E-state index is 12.5. The molecule has 0 aliphatic rings. The van der Waals surface area contributed by atoms with E-state index >= 15 is 0 Å². The fourth-order valence-corrected chi connectivity index (χ4v) is 3.39. The predicted molar refractivity (Wildman–Crippen MR) is 111 cm³/mol. The average Bonchev–Trinajstić information content (AvgIpc) is 2.64. The molecule has 0 spiro atoms. The molecule has 1 atom stereocenters. The zero-order valence-corrected chi connectivity index (χ0v) is 17.0. The Morgan fingerprint density at radius 2 is 2.07 bits per heavy atom. The highest BCUT2D eigenvalue weighted by molar-refractivity contribution is 9.10. The van der Waals surface area contributed by atoms with E-state index in [0.717, 1.165) is 11.1 Å². The van der Waals surface area contributed by atoms with E-state index in [4.69, 9.17) is 16.3 Å². The van der Waals surface area contributed by atoms with E-state index in [1.165, 1.54) is 6.21 Å². The van der Waals surface area contributed by atoms with Gasteiger partial charge in [0.15, 0.2) is 5.75 Å². The number of para-hydroxylation sites is 1. The second-order valence-corrected chi connectivity index (χ2v) is 7.25. The van der Waals surface area contributed by atoms with Crippen LogP contribution in [0.1, 0.15) is 25.8 Å². The number of ether oxygens (including phenoxy) is 1. The second kappa shape index (κ2) is 8.10. The molecule has 140 valence electrons. The molecule has 0 fully saturated rings. The van der Waals surface area contributed by atoms with Crippen molar-refractivity contribution in [2.24, 2.45) is 5.10 Å². The third-order valence-electron chi connectivity index (χ3n) is 4.02. The molecule has 0 amide bonds. The van der Waals surface area contributed by atoms with Crippen molar-refractivity contribution in [2.75, 3.05) is 0 Å². The summed E-state index contributed by atoms with van der Waals surface area (Å²) in [5, 5.41) is 4.82. The normalized spacial score (nSPS) is 12.6. The van der Waals surface area contributed by atoms with E-state index in [-0.39, 0.29) is 6.10 Å². The quantitative estimate of drug-likeness (QED) is 0.593. The van der Waals surface area contributed by atoms with Crippen molar-refractivity contribution in [1.29, 1.82) is 0 Å². The van der Waals surface area contributed by atoms with Crippen molar-refractivity contribution in [3.63, 3.8) is 0 Å². The van der Waals surface area contributed by atoms with Crippen LogP contribution in [0.2, 0.25) is 5.02 Å². The van der Waals surface area contributed by atoms with E-state index in [1.807, 2.05) is 13.8 Å². The molecule has 6 nitrogen and oxygen atoms in total. The van der Waals surface area contributed by atoms with Crippen LogP contribution in [0.15, 0.2) is 55.6 Å². The van der Waals surface area contributed by atoms with Crippen molar-refractivity contribution >= 4 is 44.6 Å². The van der Waals surface area contributed by atoms with Gasteiger partial charge < -0.3 is 9.72 Å². The molecular formula is C19H17BrClN3O3. The summed E-state index contributed by atoms with van der Waals surface area (Å²) in [7, 11) is 0. The maximum absolute atomic E-state index is 12.5. The molecule has 0 saturated heterocycles. The Hall–Kier alpha value is -2.38. The van der Waals surface area contributed by atoms with Gasteiger partial charge in [-0.2, -0.15) is 5.10 Å². The van der Waals surface area contributed by atoms with Gasteiger partial charge in [-0.05, 0) is 59.1 Å². The lowest BCUT2D eigenvalue weighted by Crippen LogP contribution is -2.32. The summed E-state index contributed by atoms with van der Waals surface area (Å²) in [6, 6.07) is 10.2. The van der Waals surface area contributed by atoms with Gasteiger partial charge in [-0.15, -0.1) is 4.68 Å². The Morgan fingerprint density at radius 1 is 1.33 bits per heavy atom. The van der Waals surface area contributed by atoms with E-state index in [1.54, 1.807) is 36.4 Å². The van der Waals surface area contributed by atoms with Crippen molar-refractivity contribution in [2.45, 2.75) is 26.4 Å². The van der Waals surface area contributed by atoms with E-state index < -0.39 is 11.2 Å². The van der Waals surface area contributed by atoms with Gasteiger partial charge in [0.1, 0.15) is 0 Å². The van der Waals surface area contributed by atoms with Gasteiger partial charge in [0, 0.05) is 0 Å². The Balaban J connectivity index is 1.99. The molecule has 27 heavy (non-hydrogen) atoms. The molecule has 1 N–H and O–H groups in total. The van der Waals surface area contributed by atoms with Crippen LogP contribution in [-0.2, 0) is 0 Å². The smallest absolute Gasteiger partial charge is 0.349 e. The van der Waals surface area contributed by atoms with Crippen LogP contribution < -0.4 is 16.0 Å². The average molecular weight is 451 g/mol. The number of benzene rings is 2. The fourth-order valence-electron chi connectivity index (χ4n) is 2.43. The lowest BCUT2D eigenvalue weighted by molar-refractivity contribution is 0.216. The summed E-state index contributed by atoms with van der Waals surface area (Å²) < 4.78 is 7.24. The first-order valence-electron chi connectivity index (χ1n) is 8.34. The minimum atomic E-state index is -0.614. The van der Waals surface area contributed by atoms with Crippen molar-refractivity contribution in [3.8, 4) is 5.75 Å². The third-order valence-corrected chi connectivity index (χ3v) is 4.89. The van der Waals surface area contributed by atoms with Crippen LogP contribution >= 0.6 is 27.5 Å². The minimum absolute atomic E-state index is 0.0213. The largest absolute Gasteiger partial charge is 0.488 e. The Kier molecular flexibility index (Phi) is 5.82. The van der Waals surface area contributed by atoms with Crippen LogP contribution in [0.5, 0.6) is 5.75 Å². The van der Waals surface area contributed by atoms with Gasteiger partial charge in [0.05, 0.1) is 32.7 Å². The standard InChI is InChI=1S/C19H17BrClN3O3/c1-3-11(2)27-17-14(20)8-12(9-15(17)21)10-22-24-18(25)13-6-4-5-7-16(13)23-19(24)26/h4-11H,3H2,1-2H3,(H,23,26). The number of fused-ring (bicyclic) bond motifs is 1. The molecule has 1 unspecified atom stereocenters. The lowest BCUT2D eigenvalue weighted by atomic mass is 10.2. The molecule has 2 aromatic carbocycles. The van der Waals surface area contributed by atoms with Crippen LogP contribution in [0.4, 0.5) is 0 Å². The van der Waals surface area contributed by atoms with Crippen LogP contribution in [0.3, 0.4) is 0 Å². The summed E-state index contributed by atoms with van der Waals surface area (Å²) in [6.45, 7) is 3.98. The van der Waals surface area contributed by atoms with E-state index in [2.05, 4.69) is 26.0 Å². The molecule has 0 saturated carbocycles. The molecule has 0 radical (unpaired) electrons. The monoisotopic (exact) mass is 449 g/mol. The summed E-state index contributed by atoms with van der Waals surface area (Å²) in [4.78, 5) is 27.3. The van der Waals surface area contributed by atoms with Gasteiger partial charge in [-0.3, -0.25) is 4.79 Å². The van der Waals surface area contributed by atoms with Crippen LogP contribution in [0.25, 0.3) is 10.9 Å². The van der Waals surface area contributed by atoms with E-state index in [0.29, 0.717) is 31.7 Å². The molecular weight excluding hydrogens is 434 g/mol. The number of nitrogens with zero attached hydrogens (tertiary/aromatic N) is 2. The van der Waals surface area contributed by atoms with Crippen molar-refractivity contribution < 1.29 is 4.74 Å². The predicted octanol–water partition coefficient (Wildman–Crippen LogP) is 4.17. The molecule has 1 aromatic heterocycles. The molecule has 3 rings (SSSR count). The van der Waals surface area contributed by atoms with Gasteiger partial charge in [0.25, 0.3) is 5.56 Å². The second-order valence-electron chi connectivity index (χ2n) is 5.99. The summed E-state index contributed by atoms with van der Waals surface area (Å²) in [6.07, 6.45) is 2.27. The Bertz CT molecular complexity index is 1110. The zero-order valence-electron chi connectivity index (χ0n) is 14.7. The number of hydrogen-bond acceptors (Lipinski definition) is 4. The topological polar surface area (TPSA) is 76.5 Å². The summed E-state index contributed by atoms with van der Waals surface area (Å²) in [5.74, 6) is 0.545. The molecule has 0 aliphatic heterocycles. The summed E-state index contributed by atoms with van der Waals surface area (Å²) in [5.41, 5.74) is -0.0246. The van der Waals surface area contributed by atoms with Gasteiger partial charge in [-0.25, -0.2) is 4.79 Å². The van der Waals surface area contributed by atoms with Crippen molar-refractivity contribution in [3.05, 3.63) is 72.3 Å². The molecule has 0 bridgehead atoms. The minimum Gasteiger partial charge on any atom is -0.488 e. The SMILES string of the molecule is CCC(C)Oc1c(Cl)cc(C=Nn2c(=O)[nH]c3ccccc3c2=O)cc1Br. The number of aromatic nitrogens is 2. The number of halogens is 2. The highest BCUT2D eigenvalue weighted by atomic mass is 79.9. The molecule has 0 aliphatic carbocycles. The number of aromatic amines is 1. The highest BCUT2D eigenvalue weighted by Crippen LogP contribution is 2.35. The first-order chi connectivity index (χ1) is 12.9. The fraction of sp³-hybridized carbons (Fsp3) is 0.211. The van der Waals surface area contributed by atoms with Crippen LogP contribution in [-0.4, -0.2) is 22.0 Å². The molecule has 8 heteroatoms. The third kappa shape index (κ3) is 4.14. The lowest BCUT2D eigenvalue weighted by Gasteiger charge is -2.15. The Morgan fingerprint density at radius 3 is 2.78 bits per heavy atom. The van der Waals surface area contributed by atoms with Gasteiger partial charge in [0.2, 0.25) is 0 Å². The Labute approximate surface area is 168 Å². The van der Waals surface area contributed by atoms with Crippen LogP contribution in [0, 0.1) is 0 Å². The van der Waals surface area contributed by atoms with Gasteiger partial charge >= 0.3 is 5.69 Å². The highest BCUT2D eigenvalue weighted by Gasteiger charge is 2.12. The number of H-pyrrole nitrogens is 1. The summed E-state index contributed by atoms with van der Waals surface area (Å²) >= 11 is 9.74. The number of nitrogens with one attached hydrogen (secondary N) is 1.